The summed E-state index contributed by atoms with van der Waals surface area (Å²) >= 11 is 6.68. The number of nitrogens with one attached hydrogen (secondary N) is 4. The molecule has 3 aromatic rings. The molecule has 0 radical (unpaired) electrons. The van der Waals surface area contributed by atoms with Gasteiger partial charge in [-0.3, -0.25) is 14.8 Å². The summed E-state index contributed by atoms with van der Waals surface area (Å²) in [5.41, 5.74) is 6.10. The zero-order chi connectivity index (χ0) is 29.7. The lowest BCUT2D eigenvalue weighted by molar-refractivity contribution is -0.195. The van der Waals surface area contributed by atoms with Gasteiger partial charge in [0.05, 0.1) is 33.5 Å². The van der Waals surface area contributed by atoms with Crippen molar-refractivity contribution in [1.29, 1.82) is 0 Å². The Labute approximate surface area is 240 Å². The molecule has 1 aliphatic carbocycles. The minimum absolute atomic E-state index is 0.0324. The van der Waals surface area contributed by atoms with Crippen LogP contribution in [-0.2, 0) is 7.05 Å². The summed E-state index contributed by atoms with van der Waals surface area (Å²) in [4.78, 5) is 17.7. The quantitative estimate of drug-likeness (QED) is 0.275. The Kier molecular flexibility index (Phi) is 7.12. The van der Waals surface area contributed by atoms with Crippen LogP contribution in [0.1, 0.15) is 50.8 Å². The Balaban J connectivity index is 1.59. The van der Waals surface area contributed by atoms with Crippen LogP contribution in [0.25, 0.3) is 10.9 Å². The number of pyridine rings is 2. The highest BCUT2D eigenvalue weighted by atomic mass is 35.5. The van der Waals surface area contributed by atoms with Crippen LogP contribution >= 0.6 is 11.6 Å². The van der Waals surface area contributed by atoms with Crippen LogP contribution in [0.5, 0.6) is 0 Å². The molecule has 2 aromatic heterocycles. The van der Waals surface area contributed by atoms with E-state index < -0.39 is 17.8 Å². The molecule has 1 fully saturated rings. The largest absolute Gasteiger partial charge is 0.413 e. The first-order valence-electron chi connectivity index (χ1n) is 13.1. The molecule has 1 saturated carbocycles. The first-order valence-corrected chi connectivity index (χ1v) is 13.5. The third kappa shape index (κ3) is 5.42. The van der Waals surface area contributed by atoms with E-state index in [1.54, 1.807) is 37.6 Å². The number of anilines is 2. The highest BCUT2D eigenvalue weighted by molar-refractivity contribution is 6.35. The molecule has 0 saturated heterocycles. The van der Waals surface area contributed by atoms with Gasteiger partial charge in [0, 0.05) is 48.8 Å². The normalized spacial score (nSPS) is 17.0. The van der Waals surface area contributed by atoms with Crippen molar-refractivity contribution in [2.24, 2.45) is 12.5 Å². The SMILES string of the molecule is C#Cc1cnc2c(Cl)cc(N[C@H](C3=CN(C4(C(F)(F)F)CC4)NN3)c3cccn(C)c3=O)cc2c1NCC(C)(C)C. The van der Waals surface area contributed by atoms with E-state index in [9.17, 15) is 18.0 Å². The van der Waals surface area contributed by atoms with Crippen LogP contribution in [0.3, 0.4) is 0 Å². The number of aromatic nitrogens is 2. The minimum atomic E-state index is -4.43. The van der Waals surface area contributed by atoms with Crippen LogP contribution in [-0.4, -0.2) is 32.8 Å². The van der Waals surface area contributed by atoms with Crippen molar-refractivity contribution in [3.8, 4) is 12.3 Å². The zero-order valence-electron chi connectivity index (χ0n) is 23.1. The average Bonchev–Trinajstić information content (AvgIpc) is 3.58. The van der Waals surface area contributed by atoms with Crippen molar-refractivity contribution >= 4 is 33.9 Å². The van der Waals surface area contributed by atoms with Gasteiger partial charge in [0.1, 0.15) is 0 Å². The lowest BCUT2D eigenvalue weighted by Crippen LogP contribution is -2.52. The summed E-state index contributed by atoms with van der Waals surface area (Å²) in [6.45, 7) is 6.90. The fourth-order valence-corrected chi connectivity index (χ4v) is 5.08. The molecule has 12 heteroatoms. The predicted octanol–water partition coefficient (Wildman–Crippen LogP) is 5.44. The van der Waals surface area contributed by atoms with E-state index in [2.05, 4.69) is 53.3 Å². The molecule has 0 amide bonds. The second-order valence-corrected chi connectivity index (χ2v) is 12.0. The lowest BCUT2D eigenvalue weighted by atomic mass is 9.96. The second kappa shape index (κ2) is 10.2. The van der Waals surface area contributed by atoms with Crippen molar-refractivity contribution in [1.82, 2.24) is 25.5 Å². The number of hydrogen-bond donors (Lipinski definition) is 4. The van der Waals surface area contributed by atoms with Gasteiger partial charge in [0.15, 0.2) is 5.54 Å². The highest BCUT2D eigenvalue weighted by Gasteiger charge is 2.67. The van der Waals surface area contributed by atoms with Gasteiger partial charge in [-0.15, -0.1) is 12.0 Å². The number of aryl methyl sites for hydroxylation is 1. The van der Waals surface area contributed by atoms with E-state index in [0.29, 0.717) is 50.7 Å². The molecule has 2 aliphatic rings. The number of terminal acetylenes is 1. The van der Waals surface area contributed by atoms with Crippen LogP contribution in [0.4, 0.5) is 24.5 Å². The summed E-state index contributed by atoms with van der Waals surface area (Å²) in [7, 11) is 1.61. The molecule has 3 heterocycles. The van der Waals surface area contributed by atoms with Crippen molar-refractivity contribution in [3.05, 3.63) is 75.1 Å². The van der Waals surface area contributed by atoms with Gasteiger partial charge in [-0.05, 0) is 42.5 Å². The number of fused-ring (bicyclic) bond motifs is 1. The van der Waals surface area contributed by atoms with E-state index in [-0.39, 0.29) is 23.8 Å². The standard InChI is InChI=1S/C29H31ClF3N7O/c1-6-17-14-34-24-20(23(17)35-16-27(2,3)4)12-18(13-21(24)30)36-25(19-8-7-11-39(5)26(19)41)22-15-40(38-37-22)28(9-10-28)29(31,32)33/h1,7-8,11-15,25,36-38H,9-10,16H2,2-5H3,(H,34,35)/t25-/m0/s1. The Morgan fingerprint density at radius 2 is 2.00 bits per heavy atom. The maximum Gasteiger partial charge on any atom is 0.413 e. The highest BCUT2D eigenvalue weighted by Crippen LogP contribution is 2.53. The molecular formula is C29H31ClF3N7O. The van der Waals surface area contributed by atoms with Crippen LogP contribution < -0.4 is 27.2 Å². The van der Waals surface area contributed by atoms with Gasteiger partial charge in [0.25, 0.3) is 5.56 Å². The van der Waals surface area contributed by atoms with Crippen LogP contribution in [0.2, 0.25) is 5.02 Å². The first kappa shape index (κ1) is 28.6. The third-order valence-electron chi connectivity index (χ3n) is 7.26. The van der Waals surface area contributed by atoms with E-state index in [1.807, 2.05) is 6.07 Å². The van der Waals surface area contributed by atoms with Crippen molar-refractivity contribution in [2.75, 3.05) is 17.2 Å². The maximum atomic E-state index is 13.8. The predicted molar refractivity (Wildman–Crippen MR) is 155 cm³/mol. The Bertz CT molecular complexity index is 1630. The van der Waals surface area contributed by atoms with E-state index >= 15 is 0 Å². The number of nitrogens with zero attached hydrogens (tertiary/aromatic N) is 3. The summed E-state index contributed by atoms with van der Waals surface area (Å²) in [5.74, 6) is 2.67. The molecule has 0 bridgehead atoms. The molecule has 41 heavy (non-hydrogen) atoms. The van der Waals surface area contributed by atoms with Gasteiger partial charge in [0.2, 0.25) is 0 Å². The molecule has 0 spiro atoms. The monoisotopic (exact) mass is 585 g/mol. The Hall–Kier alpha value is -3.88. The van der Waals surface area contributed by atoms with Gasteiger partial charge >= 0.3 is 6.18 Å². The first-order chi connectivity index (χ1) is 19.2. The Morgan fingerprint density at radius 1 is 1.27 bits per heavy atom. The van der Waals surface area contributed by atoms with Gasteiger partial charge < -0.3 is 20.6 Å². The summed E-state index contributed by atoms with van der Waals surface area (Å²) in [5, 5.41) is 8.80. The number of hydrazine groups is 2. The van der Waals surface area contributed by atoms with E-state index in [1.165, 1.54) is 10.8 Å². The minimum Gasteiger partial charge on any atom is -0.383 e. The number of hydrogen-bond acceptors (Lipinski definition) is 7. The number of benzene rings is 1. The molecule has 0 unspecified atom stereocenters. The van der Waals surface area contributed by atoms with Gasteiger partial charge in [-0.2, -0.15) is 13.2 Å². The van der Waals surface area contributed by atoms with Crippen molar-refractivity contribution in [3.63, 3.8) is 0 Å². The zero-order valence-corrected chi connectivity index (χ0v) is 23.8. The average molecular weight is 586 g/mol. The van der Waals surface area contributed by atoms with Gasteiger partial charge in [-0.1, -0.05) is 38.3 Å². The van der Waals surface area contributed by atoms with Crippen LogP contribution in [0.15, 0.2) is 53.4 Å². The molecule has 1 aromatic carbocycles. The summed E-state index contributed by atoms with van der Waals surface area (Å²) in [6.07, 6.45) is 5.86. The van der Waals surface area contributed by atoms with Crippen molar-refractivity contribution < 1.29 is 13.2 Å². The second-order valence-electron chi connectivity index (χ2n) is 11.6. The Morgan fingerprint density at radius 3 is 2.63 bits per heavy atom. The molecule has 8 nitrogen and oxygen atoms in total. The number of alkyl halides is 3. The molecule has 1 atom stereocenters. The summed E-state index contributed by atoms with van der Waals surface area (Å²) < 4.78 is 42.9. The fraction of sp³-hybridized carbons (Fsp3) is 0.379. The van der Waals surface area contributed by atoms with Gasteiger partial charge in [-0.25, -0.2) is 0 Å². The number of rotatable bonds is 7. The smallest absolute Gasteiger partial charge is 0.383 e. The molecular weight excluding hydrogens is 555 g/mol. The molecule has 216 valence electrons. The van der Waals surface area contributed by atoms with Crippen LogP contribution in [0, 0.1) is 17.8 Å². The number of halogens is 4. The summed E-state index contributed by atoms with van der Waals surface area (Å²) in [6, 6.07) is 5.98. The third-order valence-corrected chi connectivity index (χ3v) is 7.55. The van der Waals surface area contributed by atoms with Crippen molar-refractivity contribution in [2.45, 2.75) is 51.4 Å². The molecule has 4 N–H and O–H groups in total. The fourth-order valence-electron chi connectivity index (χ4n) is 4.81. The molecule has 5 rings (SSSR count). The maximum absolute atomic E-state index is 13.8. The van der Waals surface area contributed by atoms with E-state index in [4.69, 9.17) is 18.0 Å². The lowest BCUT2D eigenvalue weighted by Gasteiger charge is -2.28. The van der Waals surface area contributed by atoms with E-state index in [0.717, 1.165) is 5.01 Å². The molecule has 1 aliphatic heterocycles. The topological polar surface area (TPSA) is 86.2 Å².